The minimum Gasteiger partial charge on any atom is -0.391 e. The predicted molar refractivity (Wildman–Crippen MR) is 377 cm³/mol. The van der Waals surface area contributed by atoms with Crippen molar-refractivity contribution in [1.82, 2.24) is 0 Å². The van der Waals surface area contributed by atoms with Gasteiger partial charge in [0.2, 0.25) is 0 Å². The average Bonchev–Trinajstić information content (AvgIpc) is 1.70. The molecule has 20 heteroatoms. The lowest BCUT2D eigenvalue weighted by atomic mass is 9.96. The minimum absolute atomic E-state index is 0.0257. The first-order chi connectivity index (χ1) is 48.1. The second kappa shape index (κ2) is 35.2. The lowest BCUT2D eigenvalue weighted by Crippen LogP contribution is -2.25. The van der Waals surface area contributed by atoms with Gasteiger partial charge in [-0.1, -0.05) is 71.3 Å². The third kappa shape index (κ3) is 18.5. The first-order valence-electron chi connectivity index (χ1n) is 32.1. The molecule has 0 amide bonds. The Hall–Kier alpha value is -11.0. The number of non-ortho nitro benzene ring substituents is 2. The Bertz CT molecular complexity index is 4330. The van der Waals surface area contributed by atoms with Crippen molar-refractivity contribution >= 4 is 57.7 Å². The zero-order valence-corrected chi connectivity index (χ0v) is 56.0. The first-order valence-corrected chi connectivity index (χ1v) is 32.5. The van der Waals surface area contributed by atoms with Crippen LogP contribution in [0.15, 0.2) is 109 Å². The summed E-state index contributed by atoms with van der Waals surface area (Å²) in [5.41, 5.74) is 11.2. The fourth-order valence-electron chi connectivity index (χ4n) is 13.1. The number of carbonyl (C=O) groups is 6. The molecule has 6 aromatic rings. The van der Waals surface area contributed by atoms with E-state index in [-0.39, 0.29) is 96.4 Å². The average molecular weight is 1380 g/mol. The molecular formula is C81H72ClN3O16. The molecule has 0 saturated heterocycles. The van der Waals surface area contributed by atoms with Crippen LogP contribution in [-0.2, 0) is 38.5 Å². The highest BCUT2D eigenvalue weighted by Crippen LogP contribution is 2.37. The minimum atomic E-state index is -0.894. The molecule has 19 nitrogen and oxygen atoms in total. The third-order valence-corrected chi connectivity index (χ3v) is 18.7. The first kappa shape index (κ1) is 77.4. The number of nitrogens with zero attached hydrogens (tertiary/aromatic N) is 3. The molecule has 101 heavy (non-hydrogen) atoms. The van der Waals surface area contributed by atoms with E-state index in [0.29, 0.717) is 76.9 Å². The van der Waals surface area contributed by atoms with E-state index < -0.39 is 70.1 Å². The van der Waals surface area contributed by atoms with Crippen LogP contribution in [0.2, 0.25) is 5.02 Å². The van der Waals surface area contributed by atoms with E-state index in [1.807, 2.05) is 56.3 Å². The Morgan fingerprint density at radius 3 is 0.990 bits per heavy atom. The lowest BCUT2D eigenvalue weighted by molar-refractivity contribution is -0.385. The Labute approximate surface area is 590 Å². The Morgan fingerprint density at radius 1 is 0.386 bits per heavy atom. The summed E-state index contributed by atoms with van der Waals surface area (Å²) in [6, 6.07) is 32.1. The summed E-state index contributed by atoms with van der Waals surface area (Å²) >= 11 is 5.85. The van der Waals surface area contributed by atoms with E-state index in [1.54, 1.807) is 42.5 Å². The van der Waals surface area contributed by atoms with Crippen molar-refractivity contribution in [2.45, 2.75) is 128 Å². The number of Topliss-reactive ketones (excluding diaryl/α,β-unsaturated/α-hetero) is 6. The number of hydrogen-bond donors (Lipinski definition) is 6. The Balaban J connectivity index is 0.000000170. The van der Waals surface area contributed by atoms with Crippen LogP contribution in [0, 0.1) is 155 Å². The lowest BCUT2D eigenvalue weighted by Gasteiger charge is -2.13. The normalized spacial score (nSPS) is 19.7. The summed E-state index contributed by atoms with van der Waals surface area (Å²) in [7, 11) is 0. The maximum Gasteiger partial charge on any atom is 0.270 e. The van der Waals surface area contributed by atoms with Gasteiger partial charge in [-0.3, -0.25) is 49.0 Å². The molecule has 0 spiro atoms. The number of nitro groups is 2. The number of nitro benzene ring substituents is 2. The Kier molecular flexibility index (Phi) is 27.0. The van der Waals surface area contributed by atoms with Crippen molar-refractivity contribution in [2.75, 3.05) is 0 Å². The number of aliphatic hydroxyl groups excluding tert-OH is 6. The molecular weight excluding hydrogens is 1310 g/mol. The van der Waals surface area contributed by atoms with Gasteiger partial charge in [-0.2, -0.15) is 5.26 Å². The highest BCUT2D eigenvalue weighted by Gasteiger charge is 2.41. The van der Waals surface area contributed by atoms with Crippen molar-refractivity contribution in [3.63, 3.8) is 0 Å². The summed E-state index contributed by atoms with van der Waals surface area (Å²) in [4.78, 5) is 92.3. The zero-order chi connectivity index (χ0) is 74.1. The van der Waals surface area contributed by atoms with Crippen LogP contribution in [0.5, 0.6) is 0 Å². The van der Waals surface area contributed by atoms with Crippen molar-refractivity contribution in [3.05, 3.63) is 218 Å². The number of halogens is 1. The maximum atomic E-state index is 12.0. The monoisotopic (exact) mass is 1380 g/mol. The van der Waals surface area contributed by atoms with Crippen LogP contribution in [0.25, 0.3) is 0 Å². The fourth-order valence-corrected chi connectivity index (χ4v) is 13.3. The quantitative estimate of drug-likeness (QED) is 0.0336. The van der Waals surface area contributed by atoms with Gasteiger partial charge in [-0.15, -0.1) is 74.1 Å². The molecule has 6 N–H and O–H groups in total. The van der Waals surface area contributed by atoms with Gasteiger partial charge in [-0.25, -0.2) is 0 Å². The van der Waals surface area contributed by atoms with Gasteiger partial charge in [0.05, 0.1) is 93.6 Å². The van der Waals surface area contributed by atoms with E-state index in [9.17, 15) is 79.6 Å². The topological polar surface area (TPSA) is 334 Å². The number of aryl methyl sites for hydroxylation is 2. The summed E-state index contributed by atoms with van der Waals surface area (Å²) in [6.07, 6.45) is 30.0. The number of benzene rings is 6. The molecule has 12 unspecified atom stereocenters. The zero-order valence-electron chi connectivity index (χ0n) is 55.3. The summed E-state index contributed by atoms with van der Waals surface area (Å²) in [6.45, 7) is 3.99. The van der Waals surface area contributed by atoms with Crippen LogP contribution in [0.1, 0.15) is 151 Å². The fraction of sp³-hybridized carbons (Fsp3) is 0.321. The number of rotatable bonds is 14. The van der Waals surface area contributed by atoms with E-state index in [2.05, 4.69) is 35.5 Å². The molecule has 514 valence electrons. The van der Waals surface area contributed by atoms with Gasteiger partial charge < -0.3 is 30.6 Å². The molecule has 6 aliphatic rings. The highest BCUT2D eigenvalue weighted by molar-refractivity contribution is 6.30. The van der Waals surface area contributed by atoms with E-state index >= 15 is 0 Å². The number of nitriles is 1. The molecule has 0 bridgehead atoms. The predicted octanol–water partition coefficient (Wildman–Crippen LogP) is 9.51. The smallest absolute Gasteiger partial charge is 0.270 e. The largest absolute Gasteiger partial charge is 0.391 e. The van der Waals surface area contributed by atoms with Gasteiger partial charge in [0, 0.05) is 101 Å². The second-order valence-corrected chi connectivity index (χ2v) is 25.6. The van der Waals surface area contributed by atoms with Gasteiger partial charge >= 0.3 is 0 Å². The van der Waals surface area contributed by atoms with Crippen molar-refractivity contribution < 1.29 is 69.3 Å². The summed E-state index contributed by atoms with van der Waals surface area (Å²) in [5, 5.41) is 89.4. The van der Waals surface area contributed by atoms with Crippen LogP contribution in [0.4, 0.5) is 11.4 Å². The molecule has 0 saturated carbocycles. The molecule has 12 atom stereocenters. The third-order valence-electron chi connectivity index (χ3n) is 18.4. The number of hydrogen-bond acceptors (Lipinski definition) is 17. The number of carbonyl (C=O) groups excluding carboxylic acids is 6. The SMILES string of the molecule is C#CCC(O)C1Cc2cc(C)ccc2C1=O.C#CCC(O)C1Cc2cc(C)ccc2C1=O.C#CCC(O)C1Cc2cc(Cl)ccc2C1=O.C#CCC(O)C1Cc2cc([N+](=O)[O-])ccc2C1=O.C#CCC(O)C1Cc2ccc(C#N)cc2C1=O.C#CCC(O)C1Cc2ccc([N+](=O)[O-])cc2C1=O. The maximum absolute atomic E-state index is 12.0. The van der Waals surface area contributed by atoms with Crippen molar-refractivity contribution in [3.8, 4) is 80.1 Å². The van der Waals surface area contributed by atoms with Gasteiger partial charge in [0.15, 0.2) is 34.7 Å². The second-order valence-electron chi connectivity index (χ2n) is 25.2. The molecule has 0 fully saturated rings. The van der Waals surface area contributed by atoms with Gasteiger partial charge in [0.1, 0.15) is 0 Å². The van der Waals surface area contributed by atoms with E-state index in [1.165, 1.54) is 30.3 Å². The van der Waals surface area contributed by atoms with Crippen LogP contribution >= 0.6 is 11.6 Å². The number of terminal acetylenes is 6. The molecule has 0 aromatic heterocycles. The van der Waals surface area contributed by atoms with E-state index in [0.717, 1.165) is 50.1 Å². The molecule has 12 rings (SSSR count). The molecule has 6 aliphatic carbocycles. The van der Waals surface area contributed by atoms with Crippen LogP contribution < -0.4 is 0 Å². The summed E-state index contributed by atoms with van der Waals surface area (Å²) in [5.74, 6) is 10.9. The van der Waals surface area contributed by atoms with Gasteiger partial charge in [-0.05, 0) is 122 Å². The molecule has 0 heterocycles. The van der Waals surface area contributed by atoms with E-state index in [4.69, 9.17) is 55.4 Å². The number of aliphatic hydroxyl groups is 6. The molecule has 6 aromatic carbocycles. The van der Waals surface area contributed by atoms with Crippen molar-refractivity contribution in [1.29, 1.82) is 5.26 Å². The van der Waals surface area contributed by atoms with Crippen LogP contribution in [0.3, 0.4) is 0 Å². The van der Waals surface area contributed by atoms with Gasteiger partial charge in [0.25, 0.3) is 11.4 Å². The van der Waals surface area contributed by atoms with Crippen LogP contribution in [-0.4, -0.2) is 112 Å². The molecule has 0 aliphatic heterocycles. The number of fused-ring (bicyclic) bond motifs is 6. The van der Waals surface area contributed by atoms with Crippen molar-refractivity contribution in [2.24, 2.45) is 35.5 Å². The molecule has 0 radical (unpaired) electrons. The Morgan fingerprint density at radius 2 is 0.653 bits per heavy atom. The standard InChI is InChI=1S/C14H11NO2.2C14H14O2.C13H11ClO2.2C13H11NO4/c1-2-3-13(16)12-7-10-5-4-9(8-15)6-11(10)14(12)17;2*1-3-4-13(15)12-8-10-7-9(2)5-6-11(10)14(12)16;1-2-3-12(15)11-7-8-6-9(14)4-5-10(8)13(11)16;1-2-3-12(15)11-7-8-6-9(14(17)18)4-5-10(8)13(11)16;1-2-3-12(15)11-6-8-4-5-9(14(17)18)7-10(8)13(11)16/h1,4-6,12-13,16H,3,7H2;2*1,5-7,12-13,15H,4,8H2,2H3;1,4-6,11-12,15H,3,7H2;1,4-6,11-12,15H,3,7H2;1,4-5,7,11-12,15H,3,6H2. The summed E-state index contributed by atoms with van der Waals surface area (Å²) < 4.78 is 0. The highest BCUT2D eigenvalue weighted by atomic mass is 35.5. The number of ketones is 6.